The molecule has 4 aliphatic rings. The number of benzene rings is 1. The summed E-state index contributed by atoms with van der Waals surface area (Å²) in [5.41, 5.74) is -1.50. The number of hydrogen-bond donors (Lipinski definition) is 1. The molecule has 226 valence electrons. The number of alkyl halides is 3. The first-order valence-electron chi connectivity index (χ1n) is 14.3. The molecular weight excluding hydrogens is 559 g/mol. The quantitative estimate of drug-likeness (QED) is 0.261. The van der Waals surface area contributed by atoms with Gasteiger partial charge in [0.25, 0.3) is 0 Å². The van der Waals surface area contributed by atoms with Crippen LogP contribution in [0.3, 0.4) is 0 Å². The zero-order chi connectivity index (χ0) is 29.5. The van der Waals surface area contributed by atoms with Gasteiger partial charge < -0.3 is 29.0 Å². The molecule has 1 aromatic carbocycles. The molecule has 41 heavy (non-hydrogen) atoms. The van der Waals surface area contributed by atoms with Gasteiger partial charge in [-0.15, -0.1) is 11.3 Å². The summed E-state index contributed by atoms with van der Waals surface area (Å²) in [6.07, 6.45) is 2.99. The Kier molecular flexibility index (Phi) is 10.4. The van der Waals surface area contributed by atoms with Crippen molar-refractivity contribution < 1.29 is 46.9 Å². The number of ether oxygens (including phenoxy) is 2. The predicted octanol–water partition coefficient (Wildman–Crippen LogP) is 4.44. The molecule has 2 atom stereocenters. The number of fused-ring (bicyclic) bond motifs is 3. The average molecular weight is 598 g/mol. The van der Waals surface area contributed by atoms with Gasteiger partial charge in [-0.25, -0.2) is 4.79 Å². The number of halogens is 3. The largest absolute Gasteiger partial charge is 0.542 e. The molecule has 4 fully saturated rings. The lowest BCUT2D eigenvalue weighted by Crippen LogP contribution is -2.65. The lowest BCUT2D eigenvalue weighted by molar-refractivity contribution is -0.946. The number of rotatable bonds is 9. The van der Waals surface area contributed by atoms with Crippen LogP contribution in [0.5, 0.6) is 5.75 Å². The highest BCUT2D eigenvalue weighted by atomic mass is 32.1. The van der Waals surface area contributed by atoms with E-state index in [4.69, 9.17) is 19.4 Å². The first kappa shape index (κ1) is 31.3. The number of thiophene rings is 1. The van der Waals surface area contributed by atoms with Crippen LogP contribution in [-0.4, -0.2) is 66.6 Å². The number of aliphatic carboxylic acids is 1. The Balaban J connectivity index is 0.000000493. The smallest absolute Gasteiger partial charge is 0.430 e. The van der Waals surface area contributed by atoms with Crippen molar-refractivity contribution in [1.29, 1.82) is 0 Å². The number of carbonyl (C=O) groups is 2. The average Bonchev–Trinajstić information content (AvgIpc) is 3.52. The van der Waals surface area contributed by atoms with E-state index >= 15 is 0 Å². The molecule has 1 N–H and O–H groups in total. The first-order valence-corrected chi connectivity index (χ1v) is 15.2. The summed E-state index contributed by atoms with van der Waals surface area (Å²) in [4.78, 5) is 23.2. The van der Waals surface area contributed by atoms with E-state index in [9.17, 15) is 23.1 Å². The molecule has 1 aromatic heterocycles. The van der Waals surface area contributed by atoms with Crippen molar-refractivity contribution in [1.82, 2.24) is 0 Å². The molecular formula is C30H38F3NO6S. The van der Waals surface area contributed by atoms with E-state index in [0.717, 1.165) is 86.2 Å². The van der Waals surface area contributed by atoms with E-state index < -0.39 is 23.7 Å². The third kappa shape index (κ3) is 7.81. The van der Waals surface area contributed by atoms with Crippen LogP contribution in [0.25, 0.3) is 0 Å². The molecule has 0 radical (unpaired) electrons. The number of carboxylic acid groups (broad SMARTS) is 1. The summed E-state index contributed by atoms with van der Waals surface area (Å²) in [6, 6.07) is 13.8. The maximum atomic E-state index is 13.6. The van der Waals surface area contributed by atoms with Gasteiger partial charge in [0.1, 0.15) is 18.3 Å². The summed E-state index contributed by atoms with van der Waals surface area (Å²) in [5.74, 6) is -2.13. The Morgan fingerprint density at radius 3 is 2.24 bits per heavy atom. The number of aliphatic hydroxyl groups is 1. The van der Waals surface area contributed by atoms with Gasteiger partial charge in [-0.3, -0.25) is 0 Å². The highest BCUT2D eigenvalue weighted by Crippen LogP contribution is 2.44. The summed E-state index contributed by atoms with van der Waals surface area (Å²) in [5, 5.41) is 22.6. The van der Waals surface area contributed by atoms with Crippen molar-refractivity contribution in [2.24, 2.45) is 11.8 Å². The van der Waals surface area contributed by atoms with E-state index in [-0.39, 0.29) is 12.0 Å². The van der Waals surface area contributed by atoms with Crippen molar-refractivity contribution >= 4 is 23.3 Å². The summed E-state index contributed by atoms with van der Waals surface area (Å²) < 4.78 is 44.7. The number of esters is 1. The molecule has 2 aromatic rings. The Morgan fingerprint density at radius 1 is 1.00 bits per heavy atom. The molecule has 6 rings (SSSR count). The second kappa shape index (κ2) is 13.6. The zero-order valence-corrected chi connectivity index (χ0v) is 23.8. The molecule has 7 nitrogen and oxygen atoms in total. The van der Waals surface area contributed by atoms with Crippen LogP contribution >= 0.6 is 11.3 Å². The van der Waals surface area contributed by atoms with Crippen LogP contribution in [0.1, 0.15) is 56.2 Å². The summed E-state index contributed by atoms with van der Waals surface area (Å²) in [7, 11) is 0. The number of carbonyl (C=O) groups excluding carboxylic acids is 2. The third-order valence-electron chi connectivity index (χ3n) is 8.72. The molecule has 0 unspecified atom stereocenters. The van der Waals surface area contributed by atoms with Crippen molar-refractivity contribution in [2.45, 2.75) is 69.2 Å². The van der Waals surface area contributed by atoms with E-state index in [1.807, 2.05) is 47.8 Å². The fourth-order valence-electron chi connectivity index (χ4n) is 6.49. The maximum absolute atomic E-state index is 13.6. The molecule has 0 amide bonds. The van der Waals surface area contributed by atoms with Crippen LogP contribution < -0.4 is 9.84 Å². The molecule has 0 spiro atoms. The number of para-hydroxylation sites is 1. The van der Waals surface area contributed by atoms with Crippen LogP contribution in [0, 0.1) is 11.8 Å². The van der Waals surface area contributed by atoms with Crippen molar-refractivity contribution in [3.63, 3.8) is 0 Å². The van der Waals surface area contributed by atoms with Gasteiger partial charge in [0.05, 0.1) is 26.2 Å². The van der Waals surface area contributed by atoms with Gasteiger partial charge in [0, 0.05) is 36.0 Å². The normalized spacial score (nSPS) is 25.9. The lowest BCUT2D eigenvalue weighted by atomic mass is 9.75. The fourth-order valence-corrected chi connectivity index (χ4v) is 7.38. The predicted molar refractivity (Wildman–Crippen MR) is 145 cm³/mol. The van der Waals surface area contributed by atoms with Gasteiger partial charge in [0.2, 0.25) is 0 Å². The van der Waals surface area contributed by atoms with Crippen LogP contribution in [0.2, 0.25) is 0 Å². The lowest BCUT2D eigenvalue weighted by Gasteiger charge is -2.52. The number of quaternary nitrogens is 1. The number of piperidine rings is 3. The van der Waals surface area contributed by atoms with E-state index in [1.54, 1.807) is 0 Å². The summed E-state index contributed by atoms with van der Waals surface area (Å²) in [6.45, 7) is 4.93. The fraction of sp³-hybridized carbons (Fsp3) is 0.600. The Hall–Kier alpha value is -2.63. The van der Waals surface area contributed by atoms with Gasteiger partial charge in [-0.2, -0.15) is 13.2 Å². The van der Waals surface area contributed by atoms with Crippen molar-refractivity contribution in [3.05, 3.63) is 52.7 Å². The second-order valence-corrected chi connectivity index (χ2v) is 12.3. The van der Waals surface area contributed by atoms with Crippen LogP contribution in [0.4, 0.5) is 13.2 Å². The van der Waals surface area contributed by atoms with Gasteiger partial charge in [0.15, 0.2) is 11.7 Å². The minimum atomic E-state index is -5.19. The van der Waals surface area contributed by atoms with Crippen molar-refractivity contribution in [3.8, 4) is 5.75 Å². The van der Waals surface area contributed by atoms with Crippen LogP contribution in [-0.2, 0) is 19.9 Å². The van der Waals surface area contributed by atoms with Gasteiger partial charge in [-0.05, 0) is 36.4 Å². The first-order chi connectivity index (χ1) is 19.5. The van der Waals surface area contributed by atoms with Crippen LogP contribution in [0.15, 0.2) is 47.8 Å². The molecule has 11 heteroatoms. The molecule has 2 bridgehead atoms. The third-order valence-corrected chi connectivity index (χ3v) is 9.72. The highest BCUT2D eigenvalue weighted by Gasteiger charge is 2.52. The van der Waals surface area contributed by atoms with E-state index in [2.05, 4.69) is 0 Å². The van der Waals surface area contributed by atoms with E-state index in [0.29, 0.717) is 12.5 Å². The number of hydrogen-bond acceptors (Lipinski definition) is 7. The minimum Gasteiger partial charge on any atom is -0.542 e. The van der Waals surface area contributed by atoms with Crippen molar-refractivity contribution in [2.75, 3.05) is 32.8 Å². The number of nitrogens with zero attached hydrogens (tertiary/aromatic N) is 1. The monoisotopic (exact) mass is 597 g/mol. The van der Waals surface area contributed by atoms with Gasteiger partial charge in [-0.1, -0.05) is 43.5 Å². The Labute approximate surface area is 242 Å². The molecule has 4 heterocycles. The Morgan fingerprint density at radius 2 is 1.66 bits per heavy atom. The second-order valence-electron chi connectivity index (χ2n) is 11.4. The maximum Gasteiger partial charge on any atom is 0.430 e. The standard InChI is InChI=1S/C28H38NO4S.C2HF3O2/c30-27(28(31,26-13-7-20-34-26)23-9-3-1-4-10-23)33-25-21-29(17-14-22(25)15-18-29)16-8-19-32-24-11-5-2-6-12-24;3-2(4,5)1(6)7/h2,5-7,11-13,20,22-23,25,31H,1,3-4,8-10,14-19,21H2;(H,6,7)/q+1;/p-1/t22?,25-,28-,29?;/m0./s1. The highest BCUT2D eigenvalue weighted by molar-refractivity contribution is 7.10. The Bertz CT molecular complexity index is 1120. The summed E-state index contributed by atoms with van der Waals surface area (Å²) >= 11 is 1.47. The number of carboxylic acids is 1. The van der Waals surface area contributed by atoms with Gasteiger partial charge >= 0.3 is 12.1 Å². The molecule has 1 saturated carbocycles. The molecule has 3 saturated heterocycles. The molecule has 1 aliphatic carbocycles. The van der Waals surface area contributed by atoms with E-state index in [1.165, 1.54) is 17.8 Å². The topological polar surface area (TPSA) is 95.9 Å². The minimum absolute atomic E-state index is 0.0493. The zero-order valence-electron chi connectivity index (χ0n) is 23.0. The molecule has 3 aliphatic heterocycles. The SMILES string of the molecule is O=C(O[C@H]1C[N+]2(CCCOc3ccccc3)CCC1CC2)[C@@](O)(c1cccs1)C1CCCCC1.O=C([O-])C(F)(F)F.